The topological polar surface area (TPSA) is 39.9 Å². The van der Waals surface area contributed by atoms with Gasteiger partial charge in [-0.25, -0.2) is 9.97 Å². The number of ether oxygens (including phenoxy) is 1. The van der Waals surface area contributed by atoms with Crippen LogP contribution in [0.3, 0.4) is 0 Å². The molecule has 1 aromatic carbocycles. The van der Waals surface area contributed by atoms with Gasteiger partial charge in [-0.1, -0.05) is 25.1 Å². The van der Waals surface area contributed by atoms with Crippen LogP contribution in [0.1, 0.15) is 43.3 Å². The van der Waals surface area contributed by atoms with E-state index in [2.05, 4.69) is 23.4 Å². The second kappa shape index (κ2) is 8.54. The van der Waals surface area contributed by atoms with Gasteiger partial charge in [-0.2, -0.15) is 0 Å². The first-order valence-corrected chi connectivity index (χ1v) is 9.84. The van der Waals surface area contributed by atoms with Crippen LogP contribution in [0.25, 0.3) is 11.0 Å². The third kappa shape index (κ3) is 3.85. The summed E-state index contributed by atoms with van der Waals surface area (Å²) in [5.41, 5.74) is 4.14. The van der Waals surface area contributed by atoms with E-state index in [9.17, 15) is 0 Å². The number of aryl methyl sites for hydroxylation is 4. The van der Waals surface area contributed by atoms with E-state index < -0.39 is 0 Å². The van der Waals surface area contributed by atoms with Crippen molar-refractivity contribution < 1.29 is 4.74 Å². The monoisotopic (exact) mass is 371 g/mol. The van der Waals surface area contributed by atoms with Gasteiger partial charge in [-0.05, 0) is 50.8 Å². The average molecular weight is 372 g/mol. The lowest BCUT2D eigenvalue weighted by Gasteiger charge is -2.12. The molecule has 2 heterocycles. The molecular weight excluding hydrogens is 346 g/mol. The van der Waals surface area contributed by atoms with Crippen LogP contribution >= 0.6 is 11.6 Å². The second-order valence-electron chi connectivity index (χ2n) is 6.57. The minimum absolute atomic E-state index is 0.586. The number of halogens is 1. The molecule has 0 aliphatic heterocycles. The smallest absolute Gasteiger partial charge is 0.247 e. The fourth-order valence-electron chi connectivity index (χ4n) is 3.18. The Morgan fingerprint density at radius 1 is 1.08 bits per heavy atom. The standard InChI is InChI=1S/C21H26ClN3O/c1-4-10-18-24-19-20(25(18)14-9-8-13-22)15(2)16(3)23-21(19)26-17-11-6-5-7-12-17/h5-7,11-12H,4,8-10,13-14H2,1-3H3. The van der Waals surface area contributed by atoms with Crippen molar-refractivity contribution in [1.82, 2.24) is 14.5 Å². The highest BCUT2D eigenvalue weighted by molar-refractivity contribution is 6.17. The van der Waals surface area contributed by atoms with E-state index in [1.807, 2.05) is 37.3 Å². The average Bonchev–Trinajstić information content (AvgIpc) is 3.00. The van der Waals surface area contributed by atoms with Crippen molar-refractivity contribution in [3.8, 4) is 11.6 Å². The van der Waals surface area contributed by atoms with E-state index in [4.69, 9.17) is 21.3 Å². The maximum atomic E-state index is 6.09. The number of rotatable bonds is 8. The molecule has 26 heavy (non-hydrogen) atoms. The van der Waals surface area contributed by atoms with Gasteiger partial charge < -0.3 is 9.30 Å². The Morgan fingerprint density at radius 3 is 2.54 bits per heavy atom. The molecule has 0 radical (unpaired) electrons. The summed E-state index contributed by atoms with van der Waals surface area (Å²) in [4.78, 5) is 9.61. The third-order valence-electron chi connectivity index (χ3n) is 4.61. The number of nitrogens with zero attached hydrogens (tertiary/aromatic N) is 3. The second-order valence-corrected chi connectivity index (χ2v) is 6.94. The minimum atomic E-state index is 0.586. The highest BCUT2D eigenvalue weighted by Crippen LogP contribution is 2.32. The molecule has 2 aromatic heterocycles. The van der Waals surface area contributed by atoms with Crippen molar-refractivity contribution in [1.29, 1.82) is 0 Å². The Bertz CT molecular complexity index is 874. The number of aromatic nitrogens is 3. The van der Waals surface area contributed by atoms with Crippen molar-refractivity contribution in [2.75, 3.05) is 5.88 Å². The van der Waals surface area contributed by atoms with Crippen molar-refractivity contribution in [2.24, 2.45) is 0 Å². The number of benzene rings is 1. The van der Waals surface area contributed by atoms with Crippen LogP contribution in [0.5, 0.6) is 11.6 Å². The maximum absolute atomic E-state index is 6.09. The molecule has 138 valence electrons. The Kier molecular flexibility index (Phi) is 6.15. The first kappa shape index (κ1) is 18.7. The van der Waals surface area contributed by atoms with Gasteiger partial charge in [0.05, 0.1) is 5.52 Å². The van der Waals surface area contributed by atoms with Gasteiger partial charge in [0.1, 0.15) is 11.6 Å². The molecule has 0 saturated heterocycles. The van der Waals surface area contributed by atoms with Gasteiger partial charge in [-0.3, -0.25) is 0 Å². The molecule has 0 fully saturated rings. The maximum Gasteiger partial charge on any atom is 0.247 e. The van der Waals surface area contributed by atoms with Crippen LogP contribution < -0.4 is 4.74 Å². The number of hydrogen-bond donors (Lipinski definition) is 0. The summed E-state index contributed by atoms with van der Waals surface area (Å²) in [6.45, 7) is 7.25. The SMILES string of the molecule is CCCc1nc2c(Oc3ccccc3)nc(C)c(C)c2n1CCCCCl. The molecule has 4 nitrogen and oxygen atoms in total. The van der Waals surface area contributed by atoms with Crippen LogP contribution in [0.15, 0.2) is 30.3 Å². The molecule has 0 spiro atoms. The number of pyridine rings is 1. The Hall–Kier alpha value is -2.07. The van der Waals surface area contributed by atoms with Gasteiger partial charge in [0, 0.05) is 24.5 Å². The molecule has 0 unspecified atom stereocenters. The zero-order valence-electron chi connectivity index (χ0n) is 15.8. The highest BCUT2D eigenvalue weighted by atomic mass is 35.5. The predicted molar refractivity (Wildman–Crippen MR) is 107 cm³/mol. The van der Waals surface area contributed by atoms with E-state index in [0.717, 1.165) is 60.5 Å². The predicted octanol–water partition coefficient (Wildman–Crippen LogP) is 5.81. The van der Waals surface area contributed by atoms with E-state index in [-0.39, 0.29) is 0 Å². The number of para-hydroxylation sites is 1. The molecule has 0 bridgehead atoms. The normalized spacial score (nSPS) is 11.2. The molecule has 0 saturated carbocycles. The lowest BCUT2D eigenvalue weighted by atomic mass is 10.2. The Balaban J connectivity index is 2.11. The molecule has 0 aliphatic rings. The fourth-order valence-corrected chi connectivity index (χ4v) is 3.37. The molecule has 0 amide bonds. The molecule has 5 heteroatoms. The first-order chi connectivity index (χ1) is 12.7. The molecule has 0 N–H and O–H groups in total. The summed E-state index contributed by atoms with van der Waals surface area (Å²) in [5, 5.41) is 0. The van der Waals surface area contributed by atoms with Crippen LogP contribution in [-0.2, 0) is 13.0 Å². The van der Waals surface area contributed by atoms with E-state index >= 15 is 0 Å². The number of hydrogen-bond acceptors (Lipinski definition) is 3. The molecule has 0 aliphatic carbocycles. The van der Waals surface area contributed by atoms with Crippen molar-refractivity contribution in [2.45, 2.75) is 53.0 Å². The fraction of sp³-hybridized carbons (Fsp3) is 0.429. The van der Waals surface area contributed by atoms with Crippen LogP contribution in [0, 0.1) is 13.8 Å². The van der Waals surface area contributed by atoms with Gasteiger partial charge in [-0.15, -0.1) is 11.6 Å². The van der Waals surface area contributed by atoms with E-state index in [0.29, 0.717) is 11.8 Å². The van der Waals surface area contributed by atoms with Crippen molar-refractivity contribution >= 4 is 22.6 Å². The summed E-state index contributed by atoms with van der Waals surface area (Å²) in [6.07, 6.45) is 4.04. The highest BCUT2D eigenvalue weighted by Gasteiger charge is 2.19. The van der Waals surface area contributed by atoms with Gasteiger partial charge >= 0.3 is 0 Å². The van der Waals surface area contributed by atoms with Gasteiger partial charge in [0.15, 0.2) is 5.52 Å². The first-order valence-electron chi connectivity index (χ1n) is 9.30. The number of alkyl halides is 1. The Labute approximate surface area is 160 Å². The number of unbranched alkanes of at least 4 members (excludes halogenated alkanes) is 1. The number of fused-ring (bicyclic) bond motifs is 1. The van der Waals surface area contributed by atoms with Crippen LogP contribution in [0.2, 0.25) is 0 Å². The van der Waals surface area contributed by atoms with E-state index in [1.54, 1.807) is 0 Å². The Morgan fingerprint density at radius 2 is 1.85 bits per heavy atom. The summed E-state index contributed by atoms with van der Waals surface area (Å²) in [7, 11) is 0. The van der Waals surface area contributed by atoms with Gasteiger partial charge in [0.2, 0.25) is 5.88 Å². The zero-order valence-corrected chi connectivity index (χ0v) is 16.5. The lowest BCUT2D eigenvalue weighted by molar-refractivity contribution is 0.466. The zero-order chi connectivity index (χ0) is 18.5. The van der Waals surface area contributed by atoms with Crippen LogP contribution in [-0.4, -0.2) is 20.4 Å². The third-order valence-corrected chi connectivity index (χ3v) is 4.88. The quantitative estimate of drug-likeness (QED) is 0.370. The summed E-state index contributed by atoms with van der Waals surface area (Å²) >= 11 is 5.88. The van der Waals surface area contributed by atoms with Crippen LogP contribution in [0.4, 0.5) is 0 Å². The lowest BCUT2D eigenvalue weighted by Crippen LogP contribution is -2.06. The molecular formula is C21H26ClN3O. The summed E-state index contributed by atoms with van der Waals surface area (Å²) in [6, 6.07) is 9.77. The van der Waals surface area contributed by atoms with Crippen molar-refractivity contribution in [3.05, 3.63) is 47.4 Å². The summed E-state index contributed by atoms with van der Waals surface area (Å²) < 4.78 is 8.43. The number of imidazole rings is 1. The molecule has 3 rings (SSSR count). The molecule has 0 atom stereocenters. The van der Waals surface area contributed by atoms with Crippen molar-refractivity contribution in [3.63, 3.8) is 0 Å². The minimum Gasteiger partial charge on any atom is -0.437 e. The van der Waals surface area contributed by atoms with Gasteiger partial charge in [0.25, 0.3) is 0 Å². The van der Waals surface area contributed by atoms with E-state index in [1.165, 1.54) is 5.56 Å². The summed E-state index contributed by atoms with van der Waals surface area (Å²) in [5.74, 6) is 3.16. The molecule has 3 aromatic rings. The largest absolute Gasteiger partial charge is 0.437 e.